The molecule has 1 saturated heterocycles. The van der Waals surface area contributed by atoms with Crippen LogP contribution in [0.4, 0.5) is 0 Å². The minimum atomic E-state index is 0.364. The summed E-state index contributed by atoms with van der Waals surface area (Å²) in [4.78, 5) is 5.43. The molecule has 0 amide bonds. The Labute approximate surface area is 129 Å². The zero-order chi connectivity index (χ0) is 15.2. The Hall–Kier alpha value is -1.49. The Morgan fingerprint density at radius 1 is 1.24 bits per heavy atom. The lowest BCUT2D eigenvalue weighted by Gasteiger charge is -2.33. The quantitative estimate of drug-likeness (QED) is 0.576. The smallest absolute Gasteiger partial charge is 0.342 e. The molecule has 6 nitrogen and oxygen atoms in total. The number of ether oxygens (including phenoxy) is 3. The SMILES string of the molecule is CCOC1=C(N2CCOCC2)C(Cl)=C(OCC)C(=[N+]=[N-])C1. The predicted octanol–water partition coefficient (Wildman–Crippen LogP) is 2.13. The first-order valence-corrected chi connectivity index (χ1v) is 7.53. The molecule has 0 aromatic carbocycles. The number of halogens is 1. The van der Waals surface area contributed by atoms with Gasteiger partial charge in [0, 0.05) is 13.1 Å². The van der Waals surface area contributed by atoms with Gasteiger partial charge in [-0.2, -0.15) is 4.79 Å². The van der Waals surface area contributed by atoms with Gasteiger partial charge in [0.2, 0.25) is 5.76 Å². The van der Waals surface area contributed by atoms with Gasteiger partial charge in [-0.05, 0) is 13.8 Å². The van der Waals surface area contributed by atoms with Crippen LogP contribution in [0.2, 0.25) is 0 Å². The second kappa shape index (κ2) is 7.50. The molecule has 0 bridgehead atoms. The topological polar surface area (TPSA) is 67.3 Å². The van der Waals surface area contributed by atoms with Crippen molar-refractivity contribution in [2.75, 3.05) is 39.5 Å². The van der Waals surface area contributed by atoms with Crippen molar-refractivity contribution in [1.82, 2.24) is 4.90 Å². The minimum absolute atomic E-state index is 0.364. The fraction of sp³-hybridized carbons (Fsp3) is 0.643. The predicted molar refractivity (Wildman–Crippen MR) is 78.8 cm³/mol. The van der Waals surface area contributed by atoms with Crippen LogP contribution in [0.15, 0.2) is 22.2 Å². The van der Waals surface area contributed by atoms with Gasteiger partial charge in [0.1, 0.15) is 17.2 Å². The molecule has 0 saturated carbocycles. The van der Waals surface area contributed by atoms with Crippen molar-refractivity contribution in [1.29, 1.82) is 0 Å². The van der Waals surface area contributed by atoms with E-state index in [1.54, 1.807) is 0 Å². The Morgan fingerprint density at radius 3 is 2.48 bits per heavy atom. The molecule has 7 heteroatoms. The second-order valence-corrected chi connectivity index (χ2v) is 4.98. The molecular weight excluding hydrogens is 294 g/mol. The third-order valence-electron chi connectivity index (χ3n) is 3.32. The fourth-order valence-electron chi connectivity index (χ4n) is 2.44. The molecule has 0 radical (unpaired) electrons. The van der Waals surface area contributed by atoms with Crippen molar-refractivity contribution >= 4 is 17.3 Å². The summed E-state index contributed by atoms with van der Waals surface area (Å²) in [6.07, 6.45) is 0.364. The fourth-order valence-corrected chi connectivity index (χ4v) is 2.83. The second-order valence-electron chi connectivity index (χ2n) is 4.60. The van der Waals surface area contributed by atoms with Crippen LogP contribution in [0.25, 0.3) is 5.53 Å². The average Bonchev–Trinajstić information content (AvgIpc) is 2.51. The monoisotopic (exact) mass is 313 g/mol. The average molecular weight is 314 g/mol. The molecule has 1 fully saturated rings. The zero-order valence-corrected chi connectivity index (χ0v) is 13.2. The maximum Gasteiger partial charge on any atom is 0.342 e. The van der Waals surface area contributed by atoms with Gasteiger partial charge < -0.3 is 24.6 Å². The molecule has 0 spiro atoms. The van der Waals surface area contributed by atoms with Gasteiger partial charge in [-0.3, -0.25) is 0 Å². The molecule has 1 heterocycles. The summed E-state index contributed by atoms with van der Waals surface area (Å²) in [7, 11) is 0. The molecule has 116 valence electrons. The van der Waals surface area contributed by atoms with Crippen molar-refractivity contribution in [3.63, 3.8) is 0 Å². The zero-order valence-electron chi connectivity index (χ0n) is 12.4. The van der Waals surface area contributed by atoms with Gasteiger partial charge >= 0.3 is 5.71 Å². The molecule has 0 unspecified atom stereocenters. The lowest BCUT2D eigenvalue weighted by atomic mass is 10.0. The molecular formula is C14H20ClN3O3. The lowest BCUT2D eigenvalue weighted by Crippen LogP contribution is -2.38. The Kier molecular flexibility index (Phi) is 5.67. The van der Waals surface area contributed by atoms with Gasteiger partial charge in [0.15, 0.2) is 0 Å². The van der Waals surface area contributed by atoms with E-state index in [-0.39, 0.29) is 0 Å². The molecule has 2 aliphatic rings. The summed E-state index contributed by atoms with van der Waals surface area (Å²) < 4.78 is 16.6. The summed E-state index contributed by atoms with van der Waals surface area (Å²) in [5.41, 5.74) is 10.4. The van der Waals surface area contributed by atoms with Crippen molar-refractivity contribution in [3.05, 3.63) is 27.8 Å². The Morgan fingerprint density at radius 2 is 1.90 bits per heavy atom. The normalized spacial score (nSPS) is 19.8. The van der Waals surface area contributed by atoms with Crippen LogP contribution in [0.5, 0.6) is 0 Å². The number of allylic oxidation sites excluding steroid dienone is 3. The van der Waals surface area contributed by atoms with Crippen LogP contribution in [0.3, 0.4) is 0 Å². The summed E-state index contributed by atoms with van der Waals surface area (Å²) in [6.45, 7) is 7.54. The largest absolute Gasteiger partial charge is 0.495 e. The Bertz CT molecular complexity index is 504. The molecule has 21 heavy (non-hydrogen) atoms. The molecule has 0 atom stereocenters. The van der Waals surface area contributed by atoms with E-state index in [4.69, 9.17) is 25.8 Å². The highest BCUT2D eigenvalue weighted by atomic mass is 35.5. The molecule has 0 aromatic heterocycles. The van der Waals surface area contributed by atoms with E-state index in [0.29, 0.717) is 55.1 Å². The van der Waals surface area contributed by atoms with Crippen LogP contribution in [-0.4, -0.2) is 54.9 Å². The van der Waals surface area contributed by atoms with Crippen molar-refractivity contribution < 1.29 is 19.0 Å². The standard InChI is InChI=1S/C14H20ClN3O3/c1-3-20-11-9-10(17-16)14(21-4-2)12(15)13(11)18-5-7-19-8-6-18/h3-9H2,1-2H3. The maximum atomic E-state index is 9.19. The third kappa shape index (κ3) is 3.40. The summed E-state index contributed by atoms with van der Waals surface area (Å²) in [6, 6.07) is 0. The highest BCUT2D eigenvalue weighted by molar-refractivity contribution is 6.34. The number of hydrogen-bond acceptors (Lipinski definition) is 4. The van der Waals surface area contributed by atoms with E-state index in [0.717, 1.165) is 18.8 Å². The van der Waals surface area contributed by atoms with Crippen LogP contribution >= 0.6 is 11.6 Å². The van der Waals surface area contributed by atoms with Gasteiger partial charge in [-0.1, -0.05) is 11.6 Å². The van der Waals surface area contributed by atoms with Crippen LogP contribution in [0.1, 0.15) is 20.3 Å². The van der Waals surface area contributed by atoms with E-state index in [1.165, 1.54) is 0 Å². The minimum Gasteiger partial charge on any atom is -0.495 e. The third-order valence-corrected chi connectivity index (χ3v) is 3.67. The van der Waals surface area contributed by atoms with Gasteiger partial charge in [0.25, 0.3) is 0 Å². The lowest BCUT2D eigenvalue weighted by molar-refractivity contribution is -0.0142. The van der Waals surface area contributed by atoms with Crippen LogP contribution < -0.4 is 0 Å². The van der Waals surface area contributed by atoms with E-state index in [2.05, 4.69) is 9.69 Å². The van der Waals surface area contributed by atoms with Crippen molar-refractivity contribution in [2.24, 2.45) is 0 Å². The molecule has 2 rings (SSSR count). The molecule has 1 aliphatic heterocycles. The molecule has 0 aromatic rings. The van der Waals surface area contributed by atoms with Crippen molar-refractivity contribution in [2.45, 2.75) is 20.3 Å². The van der Waals surface area contributed by atoms with E-state index >= 15 is 0 Å². The van der Waals surface area contributed by atoms with E-state index in [1.807, 2.05) is 13.8 Å². The van der Waals surface area contributed by atoms with Gasteiger partial charge in [0.05, 0.1) is 32.1 Å². The highest BCUT2D eigenvalue weighted by Gasteiger charge is 2.36. The first kappa shape index (κ1) is 15.9. The van der Waals surface area contributed by atoms with Crippen LogP contribution in [0, 0.1) is 0 Å². The van der Waals surface area contributed by atoms with Gasteiger partial charge in [-0.15, -0.1) is 0 Å². The van der Waals surface area contributed by atoms with Crippen LogP contribution in [-0.2, 0) is 14.2 Å². The first-order valence-electron chi connectivity index (χ1n) is 7.15. The van der Waals surface area contributed by atoms with Gasteiger partial charge in [-0.25, -0.2) is 0 Å². The molecule has 0 N–H and O–H groups in total. The first-order chi connectivity index (χ1) is 10.2. The Balaban J connectivity index is 2.44. The molecule has 1 aliphatic carbocycles. The highest BCUT2D eigenvalue weighted by Crippen LogP contribution is 2.34. The van der Waals surface area contributed by atoms with E-state index < -0.39 is 0 Å². The summed E-state index contributed by atoms with van der Waals surface area (Å²) in [5.74, 6) is 1.13. The summed E-state index contributed by atoms with van der Waals surface area (Å²) >= 11 is 6.51. The number of hydrogen-bond donors (Lipinski definition) is 0. The summed E-state index contributed by atoms with van der Waals surface area (Å²) in [5, 5.41) is 0.432. The number of nitrogens with zero attached hydrogens (tertiary/aromatic N) is 3. The number of morpholine rings is 1. The number of rotatable bonds is 5. The van der Waals surface area contributed by atoms with E-state index in [9.17, 15) is 5.53 Å². The van der Waals surface area contributed by atoms with Crippen molar-refractivity contribution in [3.8, 4) is 0 Å². The maximum absolute atomic E-state index is 9.19.